The van der Waals surface area contributed by atoms with Crippen molar-refractivity contribution in [2.24, 2.45) is 0 Å². The molecule has 1 aliphatic heterocycles. The highest BCUT2D eigenvalue weighted by Crippen LogP contribution is 1.85. The van der Waals surface area contributed by atoms with Crippen LogP contribution in [0.1, 0.15) is 0 Å². The predicted octanol–water partition coefficient (Wildman–Crippen LogP) is -0.815. The fraction of sp³-hybridized carbons (Fsp3) is 1.00. The Morgan fingerprint density at radius 2 is 2.67 bits per heavy atom. The zero-order valence-corrected chi connectivity index (χ0v) is 3.96. The van der Waals surface area contributed by atoms with Crippen LogP contribution in [0.5, 0.6) is 0 Å². The molecule has 0 aromatic rings. The summed E-state index contributed by atoms with van der Waals surface area (Å²) in [6.07, 6.45) is 0. The summed E-state index contributed by atoms with van der Waals surface area (Å²) in [6.45, 7) is 1.29. The second-order valence-electron chi connectivity index (χ2n) is 0.951. The minimum atomic E-state index is -1.17. The van der Waals surface area contributed by atoms with Gasteiger partial charge in [0, 0.05) is 6.54 Å². The minimum absolute atomic E-state index is 0.576. The van der Waals surface area contributed by atoms with Gasteiger partial charge in [-0.15, -0.1) is 0 Å². The van der Waals surface area contributed by atoms with E-state index >= 15 is 0 Å². The molecule has 1 N–H and O–H groups in total. The van der Waals surface area contributed by atoms with Crippen molar-refractivity contribution in [1.29, 1.82) is 0 Å². The highest BCUT2D eigenvalue weighted by atomic mass is 32.2. The van der Waals surface area contributed by atoms with Crippen molar-refractivity contribution in [3.63, 3.8) is 0 Å². The van der Waals surface area contributed by atoms with Gasteiger partial charge in [-0.25, -0.2) is 8.93 Å². The quantitative estimate of drug-likeness (QED) is 0.439. The first kappa shape index (κ1) is 4.23. The summed E-state index contributed by atoms with van der Waals surface area (Å²) in [6, 6.07) is 0. The molecule has 1 atom stereocenters. The topological polar surface area (TPSA) is 38.3 Å². The van der Waals surface area contributed by atoms with Crippen LogP contribution < -0.4 is 4.72 Å². The van der Waals surface area contributed by atoms with E-state index < -0.39 is 11.3 Å². The Morgan fingerprint density at radius 3 is 2.83 bits per heavy atom. The largest absolute Gasteiger partial charge is 0.277 e. The van der Waals surface area contributed by atoms with E-state index in [4.69, 9.17) is 0 Å². The Bertz CT molecular complexity index is 65.9. The average Bonchev–Trinajstić information content (AvgIpc) is 1.86. The molecule has 1 rings (SSSR count). The Hall–Kier alpha value is 0.0700. The van der Waals surface area contributed by atoms with Gasteiger partial charge in [0.15, 0.2) is 0 Å². The zero-order chi connectivity index (χ0) is 4.41. The van der Waals surface area contributed by atoms with E-state index in [-0.39, 0.29) is 0 Å². The molecule has 0 aliphatic carbocycles. The summed E-state index contributed by atoms with van der Waals surface area (Å²) in [5.41, 5.74) is 0. The number of rotatable bonds is 0. The summed E-state index contributed by atoms with van der Waals surface area (Å²) >= 11 is -1.17. The number of nitrogens with one attached hydrogen (secondary N) is 1. The van der Waals surface area contributed by atoms with Gasteiger partial charge in [0.05, 0.1) is 6.61 Å². The second kappa shape index (κ2) is 1.68. The molecule has 0 aromatic carbocycles. The summed E-state index contributed by atoms with van der Waals surface area (Å²) in [5, 5.41) is 0. The molecule has 0 aromatic heterocycles. The highest BCUT2D eigenvalue weighted by Gasteiger charge is 2.04. The van der Waals surface area contributed by atoms with Crippen LogP contribution in [0.15, 0.2) is 0 Å². The van der Waals surface area contributed by atoms with E-state index in [0.717, 1.165) is 0 Å². The fourth-order valence-electron chi connectivity index (χ4n) is 0.284. The Labute approximate surface area is 38.5 Å². The summed E-state index contributed by atoms with van der Waals surface area (Å²) in [5.74, 6) is 0. The lowest BCUT2D eigenvalue weighted by molar-refractivity contribution is 0.392. The molecule has 36 valence electrons. The van der Waals surface area contributed by atoms with Crippen molar-refractivity contribution < 1.29 is 8.39 Å². The van der Waals surface area contributed by atoms with Crippen molar-refractivity contribution >= 4 is 11.3 Å². The number of hydrogen-bond acceptors (Lipinski definition) is 2. The summed E-state index contributed by atoms with van der Waals surface area (Å²) in [4.78, 5) is 0. The van der Waals surface area contributed by atoms with E-state index in [1.165, 1.54) is 0 Å². The second-order valence-corrected chi connectivity index (χ2v) is 1.94. The van der Waals surface area contributed by atoms with Gasteiger partial charge in [-0.3, -0.25) is 4.18 Å². The molecule has 1 unspecified atom stereocenters. The zero-order valence-electron chi connectivity index (χ0n) is 3.14. The van der Waals surface area contributed by atoms with E-state index in [1.54, 1.807) is 0 Å². The molecule has 0 amide bonds. The van der Waals surface area contributed by atoms with Gasteiger partial charge in [0.2, 0.25) is 11.3 Å². The molecule has 1 aliphatic rings. The van der Waals surface area contributed by atoms with Crippen LogP contribution in [-0.4, -0.2) is 17.4 Å². The van der Waals surface area contributed by atoms with Crippen molar-refractivity contribution in [3.05, 3.63) is 0 Å². The van der Waals surface area contributed by atoms with Gasteiger partial charge in [-0.1, -0.05) is 0 Å². The summed E-state index contributed by atoms with van der Waals surface area (Å²) in [7, 11) is 0. The molecule has 1 heterocycles. The first-order valence-corrected chi connectivity index (χ1v) is 2.75. The lowest BCUT2D eigenvalue weighted by atomic mass is 10.8. The molecule has 6 heavy (non-hydrogen) atoms. The SMILES string of the molecule is O=S1NCCO1. The van der Waals surface area contributed by atoms with Crippen LogP contribution in [0, 0.1) is 0 Å². The molecule has 0 radical (unpaired) electrons. The van der Waals surface area contributed by atoms with Crippen LogP contribution in [-0.2, 0) is 15.4 Å². The normalized spacial score (nSPS) is 34.3. The molecule has 1 fully saturated rings. The van der Waals surface area contributed by atoms with Gasteiger partial charge < -0.3 is 0 Å². The standard InChI is InChI=1S/C2H5NO2S/c4-6-3-1-2-5-6/h3H,1-2H2. The van der Waals surface area contributed by atoms with Gasteiger partial charge in [0.25, 0.3) is 0 Å². The third-order valence-corrected chi connectivity index (χ3v) is 1.33. The number of hydrogen-bond donors (Lipinski definition) is 1. The van der Waals surface area contributed by atoms with Crippen LogP contribution in [0.3, 0.4) is 0 Å². The molecule has 0 saturated carbocycles. The maximum Gasteiger partial charge on any atom is 0.234 e. The van der Waals surface area contributed by atoms with E-state index in [0.29, 0.717) is 13.2 Å². The van der Waals surface area contributed by atoms with Gasteiger partial charge in [-0.2, -0.15) is 0 Å². The first-order chi connectivity index (χ1) is 2.89. The Balaban J connectivity index is 2.37. The molecule has 1 saturated heterocycles. The minimum Gasteiger partial charge on any atom is -0.277 e. The van der Waals surface area contributed by atoms with Crippen LogP contribution in [0.2, 0.25) is 0 Å². The van der Waals surface area contributed by atoms with Crippen LogP contribution in [0.25, 0.3) is 0 Å². The molecule has 0 bridgehead atoms. The van der Waals surface area contributed by atoms with Crippen molar-refractivity contribution in [1.82, 2.24) is 4.72 Å². The first-order valence-electron chi connectivity index (χ1n) is 1.68. The van der Waals surface area contributed by atoms with Crippen LogP contribution >= 0.6 is 0 Å². The Kier molecular flexibility index (Phi) is 1.19. The van der Waals surface area contributed by atoms with Crippen molar-refractivity contribution in [3.8, 4) is 0 Å². The van der Waals surface area contributed by atoms with Gasteiger partial charge in [0.1, 0.15) is 0 Å². The van der Waals surface area contributed by atoms with E-state index in [1.807, 2.05) is 0 Å². The van der Waals surface area contributed by atoms with Crippen LogP contribution in [0.4, 0.5) is 0 Å². The molecular weight excluding hydrogens is 102 g/mol. The molecular formula is C2H5NO2S. The molecule has 4 heteroatoms. The lowest BCUT2D eigenvalue weighted by Crippen LogP contribution is -2.06. The monoisotopic (exact) mass is 107 g/mol. The van der Waals surface area contributed by atoms with E-state index in [9.17, 15) is 4.21 Å². The Morgan fingerprint density at radius 1 is 1.83 bits per heavy atom. The average molecular weight is 107 g/mol. The maximum absolute atomic E-state index is 10.0. The highest BCUT2D eigenvalue weighted by molar-refractivity contribution is 7.78. The maximum atomic E-state index is 10.0. The molecule has 0 spiro atoms. The third-order valence-electron chi connectivity index (χ3n) is 0.512. The van der Waals surface area contributed by atoms with Gasteiger partial charge >= 0.3 is 0 Å². The third kappa shape index (κ3) is 0.767. The van der Waals surface area contributed by atoms with E-state index in [2.05, 4.69) is 8.91 Å². The van der Waals surface area contributed by atoms with Crippen molar-refractivity contribution in [2.45, 2.75) is 0 Å². The lowest BCUT2D eigenvalue weighted by Gasteiger charge is -1.78. The van der Waals surface area contributed by atoms with Gasteiger partial charge in [-0.05, 0) is 0 Å². The van der Waals surface area contributed by atoms with Crippen molar-refractivity contribution in [2.75, 3.05) is 13.2 Å². The molecule has 3 nitrogen and oxygen atoms in total. The fourth-order valence-corrected chi connectivity index (χ4v) is 0.852. The smallest absolute Gasteiger partial charge is 0.234 e. The summed E-state index contributed by atoms with van der Waals surface area (Å²) < 4.78 is 17.1. The predicted molar refractivity (Wildman–Crippen MR) is 22.1 cm³/mol.